The molecule has 7 nitrogen and oxygen atoms in total. The zero-order valence-electron chi connectivity index (χ0n) is 13.7. The lowest BCUT2D eigenvalue weighted by molar-refractivity contribution is 0.0706. The third-order valence-electron chi connectivity index (χ3n) is 3.81. The number of benzene rings is 1. The molecule has 124 valence electrons. The molecule has 3 rings (SSSR count). The highest BCUT2D eigenvalue weighted by molar-refractivity contribution is 5.95. The van der Waals surface area contributed by atoms with Crippen LogP contribution in [0, 0.1) is 0 Å². The first-order valence-electron chi connectivity index (χ1n) is 7.77. The van der Waals surface area contributed by atoms with Crippen molar-refractivity contribution in [2.24, 2.45) is 0 Å². The van der Waals surface area contributed by atoms with E-state index < -0.39 is 0 Å². The molecule has 0 aliphatic heterocycles. The Morgan fingerprint density at radius 1 is 1.29 bits per heavy atom. The third kappa shape index (κ3) is 3.26. The number of hydrogen-bond donors (Lipinski definition) is 0. The second-order valence-corrected chi connectivity index (χ2v) is 5.31. The Bertz CT molecular complexity index is 846. The molecule has 0 atom stereocenters. The van der Waals surface area contributed by atoms with Crippen molar-refractivity contribution in [3.63, 3.8) is 0 Å². The van der Waals surface area contributed by atoms with Gasteiger partial charge in [-0.3, -0.25) is 4.79 Å². The Labute approximate surface area is 139 Å². The maximum Gasteiger partial charge on any atom is 0.253 e. The molecule has 0 bridgehead atoms. The number of methoxy groups -OCH3 is 1. The molecule has 0 N–H and O–H groups in total. The fourth-order valence-corrected chi connectivity index (χ4v) is 2.49. The van der Waals surface area contributed by atoms with Crippen LogP contribution < -0.4 is 0 Å². The summed E-state index contributed by atoms with van der Waals surface area (Å²) in [6.07, 6.45) is 5.04. The molecular formula is C17H19N5O2. The second-order valence-electron chi connectivity index (χ2n) is 5.31. The number of rotatable bonds is 6. The van der Waals surface area contributed by atoms with E-state index >= 15 is 0 Å². The van der Waals surface area contributed by atoms with Gasteiger partial charge in [0.05, 0.1) is 6.61 Å². The molecular weight excluding hydrogens is 306 g/mol. The number of amides is 1. The number of hydrogen-bond acceptors (Lipinski definition) is 5. The number of carbonyl (C=O) groups excluding carboxylic acids is 1. The Hall–Kier alpha value is -2.80. The van der Waals surface area contributed by atoms with E-state index in [0.717, 1.165) is 11.1 Å². The number of nitrogens with zero attached hydrogens (tertiary/aromatic N) is 5. The van der Waals surface area contributed by atoms with Crippen molar-refractivity contribution in [2.75, 3.05) is 26.8 Å². The molecule has 0 saturated carbocycles. The molecule has 7 heteroatoms. The molecule has 0 unspecified atom stereocenters. The summed E-state index contributed by atoms with van der Waals surface area (Å²) in [6.45, 7) is 3.69. The van der Waals surface area contributed by atoms with E-state index in [2.05, 4.69) is 15.1 Å². The van der Waals surface area contributed by atoms with Crippen molar-refractivity contribution in [1.82, 2.24) is 24.5 Å². The molecule has 2 aromatic heterocycles. The first kappa shape index (κ1) is 16.1. The minimum Gasteiger partial charge on any atom is -0.383 e. The van der Waals surface area contributed by atoms with Crippen LogP contribution in [0.25, 0.3) is 16.9 Å². The van der Waals surface area contributed by atoms with Crippen LogP contribution in [-0.4, -0.2) is 57.2 Å². The molecule has 24 heavy (non-hydrogen) atoms. The highest BCUT2D eigenvalue weighted by atomic mass is 16.5. The van der Waals surface area contributed by atoms with Gasteiger partial charge < -0.3 is 9.64 Å². The lowest BCUT2D eigenvalue weighted by Gasteiger charge is -2.20. The summed E-state index contributed by atoms with van der Waals surface area (Å²) in [6, 6.07) is 7.51. The standard InChI is InChI=1S/C17H19N5O2/c1-3-21(7-8-24-2)16(23)14-6-4-5-13(9-14)15-10-18-17-19-12-20-22(17)11-15/h4-6,9-12H,3,7-8H2,1-2H3. The molecule has 1 aromatic carbocycles. The van der Waals surface area contributed by atoms with Crippen molar-refractivity contribution >= 4 is 11.7 Å². The van der Waals surface area contributed by atoms with E-state index in [4.69, 9.17) is 4.74 Å². The average Bonchev–Trinajstić information content (AvgIpc) is 3.10. The lowest BCUT2D eigenvalue weighted by atomic mass is 10.1. The third-order valence-corrected chi connectivity index (χ3v) is 3.81. The summed E-state index contributed by atoms with van der Waals surface area (Å²) in [5.41, 5.74) is 2.43. The molecule has 3 aromatic rings. The Kier molecular flexibility index (Phi) is 4.81. The zero-order valence-corrected chi connectivity index (χ0v) is 13.7. The predicted octanol–water partition coefficient (Wildman–Crippen LogP) is 1.90. The first-order chi connectivity index (χ1) is 11.7. The van der Waals surface area contributed by atoms with Crippen molar-refractivity contribution in [1.29, 1.82) is 0 Å². The molecule has 2 heterocycles. The van der Waals surface area contributed by atoms with Crippen molar-refractivity contribution in [3.8, 4) is 11.1 Å². The fraction of sp³-hybridized carbons (Fsp3) is 0.294. The van der Waals surface area contributed by atoms with Gasteiger partial charge in [-0.1, -0.05) is 12.1 Å². The van der Waals surface area contributed by atoms with E-state index in [1.54, 1.807) is 22.7 Å². The summed E-state index contributed by atoms with van der Waals surface area (Å²) in [7, 11) is 1.63. The van der Waals surface area contributed by atoms with Gasteiger partial charge in [0.15, 0.2) is 0 Å². The quantitative estimate of drug-likeness (QED) is 0.692. The number of likely N-dealkylation sites (N-methyl/N-ethyl adjacent to an activating group) is 1. The number of carbonyl (C=O) groups is 1. The molecule has 0 fully saturated rings. The van der Waals surface area contributed by atoms with Crippen molar-refractivity contribution < 1.29 is 9.53 Å². The summed E-state index contributed by atoms with van der Waals surface area (Å²) in [5.74, 6) is 0.536. The van der Waals surface area contributed by atoms with Gasteiger partial charge in [-0.2, -0.15) is 10.1 Å². The van der Waals surface area contributed by atoms with Crippen LogP contribution in [0.4, 0.5) is 0 Å². The fourth-order valence-electron chi connectivity index (χ4n) is 2.49. The number of fused-ring (bicyclic) bond motifs is 1. The smallest absolute Gasteiger partial charge is 0.253 e. The Morgan fingerprint density at radius 2 is 2.17 bits per heavy atom. The largest absolute Gasteiger partial charge is 0.383 e. The van der Waals surface area contributed by atoms with Gasteiger partial charge >= 0.3 is 0 Å². The average molecular weight is 325 g/mol. The Morgan fingerprint density at radius 3 is 2.96 bits per heavy atom. The monoisotopic (exact) mass is 325 g/mol. The van der Waals surface area contributed by atoms with Crippen LogP contribution in [0.15, 0.2) is 43.0 Å². The summed E-state index contributed by atoms with van der Waals surface area (Å²) in [4.78, 5) is 22.7. The van der Waals surface area contributed by atoms with Crippen LogP contribution in [0.5, 0.6) is 0 Å². The number of ether oxygens (including phenoxy) is 1. The van der Waals surface area contributed by atoms with Gasteiger partial charge in [-0.25, -0.2) is 9.50 Å². The van der Waals surface area contributed by atoms with Crippen LogP contribution in [0.3, 0.4) is 0 Å². The van der Waals surface area contributed by atoms with Gasteiger partial charge in [0.2, 0.25) is 0 Å². The second kappa shape index (κ2) is 7.18. The van der Waals surface area contributed by atoms with Gasteiger partial charge in [-0.05, 0) is 24.6 Å². The highest BCUT2D eigenvalue weighted by Gasteiger charge is 2.14. The van der Waals surface area contributed by atoms with Crippen LogP contribution in [0.1, 0.15) is 17.3 Å². The van der Waals surface area contributed by atoms with Crippen molar-refractivity contribution in [2.45, 2.75) is 6.92 Å². The minimum absolute atomic E-state index is 0.00815. The van der Waals surface area contributed by atoms with Gasteiger partial charge in [-0.15, -0.1) is 0 Å². The van der Waals surface area contributed by atoms with E-state index in [-0.39, 0.29) is 5.91 Å². The minimum atomic E-state index is -0.00815. The van der Waals surface area contributed by atoms with Crippen LogP contribution in [0.2, 0.25) is 0 Å². The Balaban J connectivity index is 1.89. The van der Waals surface area contributed by atoms with Gasteiger partial charge in [0, 0.05) is 43.7 Å². The molecule has 1 amide bonds. The number of aromatic nitrogens is 4. The SMILES string of the molecule is CCN(CCOC)C(=O)c1cccc(-c2cnc3ncnn3c2)c1. The van der Waals surface area contributed by atoms with Crippen molar-refractivity contribution in [3.05, 3.63) is 48.5 Å². The van der Waals surface area contributed by atoms with E-state index in [9.17, 15) is 4.79 Å². The van der Waals surface area contributed by atoms with Crippen LogP contribution >= 0.6 is 0 Å². The topological polar surface area (TPSA) is 72.6 Å². The van der Waals surface area contributed by atoms with E-state index in [0.29, 0.717) is 31.0 Å². The highest BCUT2D eigenvalue weighted by Crippen LogP contribution is 2.20. The lowest BCUT2D eigenvalue weighted by Crippen LogP contribution is -2.33. The van der Waals surface area contributed by atoms with Crippen LogP contribution in [-0.2, 0) is 4.74 Å². The van der Waals surface area contributed by atoms with E-state index in [1.807, 2.05) is 37.4 Å². The normalized spacial score (nSPS) is 10.9. The van der Waals surface area contributed by atoms with E-state index in [1.165, 1.54) is 6.33 Å². The molecule has 0 aliphatic carbocycles. The molecule has 0 spiro atoms. The first-order valence-corrected chi connectivity index (χ1v) is 7.77. The summed E-state index contributed by atoms with van der Waals surface area (Å²) in [5, 5.41) is 4.09. The maximum absolute atomic E-state index is 12.7. The zero-order chi connectivity index (χ0) is 16.9. The van der Waals surface area contributed by atoms with Gasteiger partial charge in [0.25, 0.3) is 11.7 Å². The van der Waals surface area contributed by atoms with Gasteiger partial charge in [0.1, 0.15) is 6.33 Å². The molecule has 0 radical (unpaired) electrons. The molecule has 0 saturated heterocycles. The maximum atomic E-state index is 12.7. The summed E-state index contributed by atoms with van der Waals surface area (Å²) < 4.78 is 6.68. The molecule has 0 aliphatic rings. The predicted molar refractivity (Wildman–Crippen MR) is 89.7 cm³/mol. The summed E-state index contributed by atoms with van der Waals surface area (Å²) >= 11 is 0.